The molecule has 14 nitrogen and oxygen atoms in total. The van der Waals surface area contributed by atoms with Crippen LogP contribution in [0.4, 0.5) is 0 Å². The molecule has 0 aromatic rings. The number of primary amides is 1. The van der Waals surface area contributed by atoms with E-state index < -0.39 is 72.8 Å². The molecule has 164 valence electrons. The molecule has 0 radical (unpaired) electrons. The first kappa shape index (κ1) is 25.7. The maximum atomic E-state index is 12.5. The van der Waals surface area contributed by atoms with Crippen LogP contribution in [0.2, 0.25) is 0 Å². The number of nitrogens with two attached hydrogens (primary N) is 2. The quantitative estimate of drug-likeness (QED) is 0.142. The minimum Gasteiger partial charge on any atom is -0.481 e. The molecule has 0 fully saturated rings. The molecule has 0 aromatic carbocycles. The van der Waals surface area contributed by atoms with Crippen molar-refractivity contribution in [3.8, 4) is 0 Å². The van der Waals surface area contributed by atoms with E-state index in [1.807, 2.05) is 5.32 Å². The summed E-state index contributed by atoms with van der Waals surface area (Å²) >= 11 is 0. The molecule has 0 bridgehead atoms. The fraction of sp³-hybridized carbons (Fsp3) is 0.600. The Hall–Kier alpha value is -3.26. The van der Waals surface area contributed by atoms with Crippen LogP contribution in [-0.4, -0.2) is 81.7 Å². The molecule has 29 heavy (non-hydrogen) atoms. The van der Waals surface area contributed by atoms with Crippen molar-refractivity contribution in [2.75, 3.05) is 6.54 Å². The number of hydrogen-bond acceptors (Lipinski definition) is 8. The summed E-state index contributed by atoms with van der Waals surface area (Å²) in [5.74, 6) is -6.50. The van der Waals surface area contributed by atoms with Gasteiger partial charge in [-0.05, 0) is 13.3 Å². The van der Waals surface area contributed by atoms with E-state index in [9.17, 15) is 33.9 Å². The maximum Gasteiger partial charge on any atom is 0.322 e. The maximum absolute atomic E-state index is 12.5. The van der Waals surface area contributed by atoms with Crippen molar-refractivity contribution in [2.24, 2.45) is 11.5 Å². The molecule has 0 aliphatic heterocycles. The lowest BCUT2D eigenvalue weighted by molar-refractivity contribution is -0.140. The third kappa shape index (κ3) is 10.6. The first-order valence-corrected chi connectivity index (χ1v) is 8.39. The summed E-state index contributed by atoms with van der Waals surface area (Å²) in [7, 11) is 0. The number of aliphatic hydroxyl groups is 1. The first-order valence-electron chi connectivity index (χ1n) is 8.39. The van der Waals surface area contributed by atoms with Crippen LogP contribution >= 0.6 is 0 Å². The lowest BCUT2D eigenvalue weighted by Gasteiger charge is -2.25. The molecule has 4 amide bonds. The van der Waals surface area contributed by atoms with Crippen LogP contribution in [0.1, 0.15) is 26.2 Å². The minimum atomic E-state index is -1.57. The number of aliphatic hydroxyl groups excluding tert-OH is 1. The number of aliphatic carboxylic acids is 2. The highest BCUT2D eigenvalue weighted by Gasteiger charge is 2.31. The fourth-order valence-corrected chi connectivity index (χ4v) is 2.05. The van der Waals surface area contributed by atoms with Gasteiger partial charge in [0.25, 0.3) is 0 Å². The van der Waals surface area contributed by atoms with Crippen molar-refractivity contribution in [3.05, 3.63) is 0 Å². The molecule has 4 unspecified atom stereocenters. The van der Waals surface area contributed by atoms with Gasteiger partial charge in [-0.3, -0.25) is 28.8 Å². The van der Waals surface area contributed by atoms with Crippen molar-refractivity contribution >= 4 is 35.6 Å². The molecule has 0 aliphatic carbocycles. The molecular formula is C15H25N5O9. The zero-order chi connectivity index (χ0) is 22.7. The number of carbonyl (C=O) groups is 6. The molecule has 0 saturated carbocycles. The van der Waals surface area contributed by atoms with Crippen LogP contribution in [0.5, 0.6) is 0 Å². The normalized spacial score (nSPS) is 14.6. The van der Waals surface area contributed by atoms with Crippen LogP contribution in [0.25, 0.3) is 0 Å². The van der Waals surface area contributed by atoms with E-state index in [0.29, 0.717) is 0 Å². The summed E-state index contributed by atoms with van der Waals surface area (Å²) in [6.07, 6.45) is -2.79. The van der Waals surface area contributed by atoms with Gasteiger partial charge >= 0.3 is 11.9 Å². The SMILES string of the molecule is CC(O)C(NC(=O)C(CCC(N)=O)NC(=O)C(N)CC(=O)O)C(=O)NCC(=O)O. The highest BCUT2D eigenvalue weighted by molar-refractivity contribution is 5.94. The predicted octanol–water partition coefficient (Wildman–Crippen LogP) is -4.39. The van der Waals surface area contributed by atoms with Gasteiger partial charge in [-0.2, -0.15) is 0 Å². The standard InChI is InChI=1S/C15H25N5O9/c1-6(21)12(15(29)18-5-11(25)26)20-14(28)8(2-3-9(17)22)19-13(27)7(16)4-10(23)24/h6-8,12,21H,2-5,16H2,1H3,(H2,17,22)(H,18,29)(H,19,27)(H,20,28)(H,23,24)(H,25,26). The summed E-state index contributed by atoms with van der Waals surface area (Å²) in [5.41, 5.74) is 10.4. The molecule has 0 aromatic heterocycles. The Morgan fingerprint density at radius 3 is 1.97 bits per heavy atom. The lowest BCUT2D eigenvalue weighted by Crippen LogP contribution is -2.58. The summed E-state index contributed by atoms with van der Waals surface area (Å²) in [6.45, 7) is 0.398. The van der Waals surface area contributed by atoms with Crippen molar-refractivity contribution in [1.29, 1.82) is 0 Å². The van der Waals surface area contributed by atoms with Crippen molar-refractivity contribution in [3.63, 3.8) is 0 Å². The second-order valence-corrected chi connectivity index (χ2v) is 6.11. The van der Waals surface area contributed by atoms with Gasteiger partial charge in [-0.25, -0.2) is 0 Å². The van der Waals surface area contributed by atoms with E-state index >= 15 is 0 Å². The van der Waals surface area contributed by atoms with E-state index in [0.717, 1.165) is 6.92 Å². The van der Waals surface area contributed by atoms with Gasteiger partial charge in [-0.15, -0.1) is 0 Å². The Balaban J connectivity index is 5.26. The molecule has 0 heterocycles. The summed E-state index contributed by atoms with van der Waals surface area (Å²) < 4.78 is 0. The fourth-order valence-electron chi connectivity index (χ4n) is 2.05. The molecule has 0 rings (SSSR count). The average Bonchev–Trinajstić information content (AvgIpc) is 2.59. The summed E-state index contributed by atoms with van der Waals surface area (Å²) in [5, 5.41) is 33.2. The highest BCUT2D eigenvalue weighted by Crippen LogP contribution is 2.02. The summed E-state index contributed by atoms with van der Waals surface area (Å²) in [6, 6.07) is -4.48. The van der Waals surface area contributed by atoms with Gasteiger partial charge < -0.3 is 42.7 Å². The molecule has 0 spiro atoms. The third-order valence-corrected chi connectivity index (χ3v) is 3.52. The second-order valence-electron chi connectivity index (χ2n) is 6.11. The first-order chi connectivity index (χ1) is 13.3. The molecule has 14 heteroatoms. The van der Waals surface area contributed by atoms with Crippen LogP contribution in [-0.2, 0) is 28.8 Å². The smallest absolute Gasteiger partial charge is 0.322 e. The van der Waals surface area contributed by atoms with E-state index in [4.69, 9.17) is 21.7 Å². The van der Waals surface area contributed by atoms with Crippen LogP contribution in [0, 0.1) is 0 Å². The van der Waals surface area contributed by atoms with E-state index in [1.54, 1.807) is 0 Å². The monoisotopic (exact) mass is 419 g/mol. The van der Waals surface area contributed by atoms with E-state index in [-0.39, 0.29) is 12.8 Å². The van der Waals surface area contributed by atoms with E-state index in [2.05, 4.69) is 10.6 Å². The van der Waals surface area contributed by atoms with Crippen molar-refractivity contribution in [1.82, 2.24) is 16.0 Å². The number of amides is 4. The van der Waals surface area contributed by atoms with Crippen molar-refractivity contribution in [2.45, 2.75) is 50.4 Å². The number of carboxylic acid groups (broad SMARTS) is 2. The Morgan fingerprint density at radius 1 is 0.931 bits per heavy atom. The zero-order valence-electron chi connectivity index (χ0n) is 15.6. The molecule has 10 N–H and O–H groups in total. The molecule has 0 aliphatic rings. The average molecular weight is 419 g/mol. The number of carbonyl (C=O) groups excluding carboxylic acids is 4. The van der Waals surface area contributed by atoms with Gasteiger partial charge in [-0.1, -0.05) is 0 Å². The Bertz CT molecular complexity index is 652. The minimum absolute atomic E-state index is 0.296. The predicted molar refractivity (Wildman–Crippen MR) is 94.8 cm³/mol. The van der Waals surface area contributed by atoms with Gasteiger partial charge in [0.05, 0.1) is 18.6 Å². The largest absolute Gasteiger partial charge is 0.481 e. The van der Waals surface area contributed by atoms with Crippen LogP contribution in [0.15, 0.2) is 0 Å². The third-order valence-electron chi connectivity index (χ3n) is 3.52. The Kier molecular flexibility index (Phi) is 10.9. The van der Waals surface area contributed by atoms with Crippen molar-refractivity contribution < 1.29 is 44.1 Å². The summed E-state index contributed by atoms with van der Waals surface area (Å²) in [4.78, 5) is 68.6. The molecule has 4 atom stereocenters. The number of hydrogen-bond donors (Lipinski definition) is 8. The van der Waals surface area contributed by atoms with Gasteiger partial charge in [0.2, 0.25) is 23.6 Å². The second kappa shape index (κ2) is 12.2. The number of rotatable bonds is 13. The Labute approximate surface area is 165 Å². The number of carboxylic acids is 2. The number of nitrogens with one attached hydrogen (secondary N) is 3. The highest BCUT2D eigenvalue weighted by atomic mass is 16.4. The topological polar surface area (TPSA) is 251 Å². The van der Waals surface area contributed by atoms with Crippen LogP contribution < -0.4 is 27.4 Å². The van der Waals surface area contributed by atoms with E-state index in [1.165, 1.54) is 0 Å². The van der Waals surface area contributed by atoms with Gasteiger partial charge in [0.15, 0.2) is 0 Å². The molecular weight excluding hydrogens is 394 g/mol. The molecule has 0 saturated heterocycles. The van der Waals surface area contributed by atoms with Crippen LogP contribution in [0.3, 0.4) is 0 Å². The van der Waals surface area contributed by atoms with Gasteiger partial charge in [0.1, 0.15) is 18.6 Å². The van der Waals surface area contributed by atoms with Gasteiger partial charge in [0, 0.05) is 6.42 Å². The lowest BCUT2D eigenvalue weighted by atomic mass is 10.1. The Morgan fingerprint density at radius 2 is 1.52 bits per heavy atom. The zero-order valence-corrected chi connectivity index (χ0v) is 15.6.